The summed E-state index contributed by atoms with van der Waals surface area (Å²) in [5, 5.41) is 3.09. The van der Waals surface area contributed by atoms with Gasteiger partial charge in [-0.2, -0.15) is 0 Å². The number of amides is 1. The number of hydrogen-bond donors (Lipinski definition) is 2. The fraction of sp³-hybridized carbons (Fsp3) is 0.0714. The number of nitrogens with one attached hydrogen (secondary N) is 1. The molecule has 0 spiro atoms. The van der Waals surface area contributed by atoms with E-state index in [1.165, 1.54) is 12.1 Å². The van der Waals surface area contributed by atoms with Gasteiger partial charge in [-0.05, 0) is 29.8 Å². The van der Waals surface area contributed by atoms with E-state index in [-0.39, 0.29) is 5.02 Å². The second-order valence-corrected chi connectivity index (χ2v) is 4.41. The van der Waals surface area contributed by atoms with Crippen molar-refractivity contribution < 1.29 is 9.18 Å². The van der Waals surface area contributed by atoms with E-state index in [9.17, 15) is 9.18 Å². The molecule has 2 aromatic carbocycles. The molecule has 0 fully saturated rings. The molecule has 0 saturated heterocycles. The van der Waals surface area contributed by atoms with Gasteiger partial charge in [-0.25, -0.2) is 4.39 Å². The Balaban J connectivity index is 2.14. The van der Waals surface area contributed by atoms with Gasteiger partial charge in [0.15, 0.2) is 0 Å². The third kappa shape index (κ3) is 3.23. The molecule has 1 amide bonds. The number of carbonyl (C=O) groups is 1. The SMILES string of the molecule is NC(=O)c1ccccc1CNc1ccc(Cl)c(F)c1. The van der Waals surface area contributed by atoms with Crippen molar-refractivity contribution in [3.05, 3.63) is 64.4 Å². The van der Waals surface area contributed by atoms with E-state index in [0.29, 0.717) is 17.8 Å². The van der Waals surface area contributed by atoms with Crippen molar-refractivity contribution in [1.82, 2.24) is 0 Å². The molecular formula is C14H12ClFN2O. The van der Waals surface area contributed by atoms with Gasteiger partial charge in [-0.3, -0.25) is 4.79 Å². The molecule has 98 valence electrons. The second-order valence-electron chi connectivity index (χ2n) is 4.00. The molecule has 0 aliphatic carbocycles. The fourth-order valence-corrected chi connectivity index (χ4v) is 1.84. The quantitative estimate of drug-likeness (QED) is 0.902. The molecule has 0 atom stereocenters. The van der Waals surface area contributed by atoms with Crippen LogP contribution in [0.3, 0.4) is 0 Å². The van der Waals surface area contributed by atoms with Crippen molar-refractivity contribution in [2.75, 3.05) is 5.32 Å². The largest absolute Gasteiger partial charge is 0.381 e. The standard InChI is InChI=1S/C14H12ClFN2O/c15-12-6-5-10(7-13(12)16)18-8-9-3-1-2-4-11(9)14(17)19/h1-7,18H,8H2,(H2,17,19). The molecule has 0 heterocycles. The normalized spacial score (nSPS) is 10.2. The van der Waals surface area contributed by atoms with Crippen LogP contribution in [-0.2, 0) is 6.54 Å². The lowest BCUT2D eigenvalue weighted by Crippen LogP contribution is -2.15. The molecule has 3 N–H and O–H groups in total. The molecule has 0 aliphatic rings. The number of nitrogens with two attached hydrogens (primary N) is 1. The molecule has 0 saturated carbocycles. The lowest BCUT2D eigenvalue weighted by Gasteiger charge is -2.09. The van der Waals surface area contributed by atoms with E-state index in [4.69, 9.17) is 17.3 Å². The molecule has 0 aromatic heterocycles. The van der Waals surface area contributed by atoms with E-state index in [1.807, 2.05) is 6.07 Å². The van der Waals surface area contributed by atoms with E-state index in [2.05, 4.69) is 5.32 Å². The molecule has 5 heteroatoms. The number of primary amides is 1. The molecule has 2 aromatic rings. The summed E-state index contributed by atoms with van der Waals surface area (Å²) in [6.07, 6.45) is 0. The van der Waals surface area contributed by atoms with Gasteiger partial charge in [0.05, 0.1) is 5.02 Å². The Hall–Kier alpha value is -2.07. The van der Waals surface area contributed by atoms with Gasteiger partial charge in [0.2, 0.25) is 5.91 Å². The Morgan fingerprint density at radius 1 is 1.26 bits per heavy atom. The number of carbonyl (C=O) groups excluding carboxylic acids is 1. The van der Waals surface area contributed by atoms with E-state index < -0.39 is 11.7 Å². The summed E-state index contributed by atoms with van der Waals surface area (Å²) >= 11 is 5.60. The number of hydrogen-bond acceptors (Lipinski definition) is 2. The Morgan fingerprint density at radius 3 is 2.68 bits per heavy atom. The van der Waals surface area contributed by atoms with Crippen LogP contribution in [0.5, 0.6) is 0 Å². The summed E-state index contributed by atoms with van der Waals surface area (Å²) in [6, 6.07) is 11.4. The summed E-state index contributed by atoms with van der Waals surface area (Å²) in [4.78, 5) is 11.2. The number of halogens is 2. The molecule has 0 bridgehead atoms. The number of benzene rings is 2. The van der Waals surface area contributed by atoms with Gasteiger partial charge in [0.1, 0.15) is 5.82 Å². The van der Waals surface area contributed by atoms with E-state index >= 15 is 0 Å². The summed E-state index contributed by atoms with van der Waals surface area (Å²) in [5.41, 5.74) is 7.07. The third-order valence-electron chi connectivity index (χ3n) is 2.69. The number of anilines is 1. The predicted molar refractivity (Wildman–Crippen MR) is 73.7 cm³/mol. The topological polar surface area (TPSA) is 55.1 Å². The molecule has 2 rings (SSSR count). The van der Waals surface area contributed by atoms with Crippen molar-refractivity contribution in [3.8, 4) is 0 Å². The summed E-state index contributed by atoms with van der Waals surface area (Å²) in [6.45, 7) is 0.375. The summed E-state index contributed by atoms with van der Waals surface area (Å²) in [7, 11) is 0. The Labute approximate surface area is 115 Å². The average molecular weight is 279 g/mol. The van der Waals surface area contributed by atoms with Crippen molar-refractivity contribution in [2.24, 2.45) is 5.73 Å². The van der Waals surface area contributed by atoms with Crippen LogP contribution >= 0.6 is 11.6 Å². The van der Waals surface area contributed by atoms with Gasteiger partial charge in [0, 0.05) is 17.8 Å². The van der Waals surface area contributed by atoms with E-state index in [0.717, 1.165) is 5.56 Å². The van der Waals surface area contributed by atoms with Gasteiger partial charge in [-0.15, -0.1) is 0 Å². The molecular weight excluding hydrogens is 267 g/mol. The van der Waals surface area contributed by atoms with Crippen LogP contribution in [0.4, 0.5) is 10.1 Å². The van der Waals surface area contributed by atoms with E-state index in [1.54, 1.807) is 24.3 Å². The van der Waals surface area contributed by atoms with Gasteiger partial charge < -0.3 is 11.1 Å². The summed E-state index contributed by atoms with van der Waals surface area (Å²) < 4.78 is 13.3. The second kappa shape index (κ2) is 5.71. The first-order valence-electron chi connectivity index (χ1n) is 5.64. The molecule has 0 unspecified atom stereocenters. The van der Waals surface area contributed by atoms with Crippen LogP contribution in [0.2, 0.25) is 5.02 Å². The highest BCUT2D eigenvalue weighted by molar-refractivity contribution is 6.30. The van der Waals surface area contributed by atoms with Crippen LogP contribution in [-0.4, -0.2) is 5.91 Å². The summed E-state index contributed by atoms with van der Waals surface area (Å²) in [5.74, 6) is -0.977. The maximum Gasteiger partial charge on any atom is 0.249 e. The molecule has 19 heavy (non-hydrogen) atoms. The first-order chi connectivity index (χ1) is 9.08. The first-order valence-corrected chi connectivity index (χ1v) is 6.02. The zero-order valence-corrected chi connectivity index (χ0v) is 10.7. The Morgan fingerprint density at radius 2 is 2.00 bits per heavy atom. The molecule has 0 aliphatic heterocycles. The molecule has 3 nitrogen and oxygen atoms in total. The highest BCUT2D eigenvalue weighted by Crippen LogP contribution is 2.19. The van der Waals surface area contributed by atoms with Crippen molar-refractivity contribution >= 4 is 23.2 Å². The highest BCUT2D eigenvalue weighted by Gasteiger charge is 2.07. The highest BCUT2D eigenvalue weighted by atomic mass is 35.5. The van der Waals surface area contributed by atoms with Crippen LogP contribution < -0.4 is 11.1 Å². The maximum atomic E-state index is 13.3. The smallest absolute Gasteiger partial charge is 0.249 e. The average Bonchev–Trinajstić information content (AvgIpc) is 2.40. The van der Waals surface area contributed by atoms with Crippen LogP contribution in [0.1, 0.15) is 15.9 Å². The zero-order valence-electron chi connectivity index (χ0n) is 9.99. The van der Waals surface area contributed by atoms with Crippen LogP contribution in [0.15, 0.2) is 42.5 Å². The minimum Gasteiger partial charge on any atom is -0.381 e. The maximum absolute atomic E-state index is 13.3. The van der Waals surface area contributed by atoms with Gasteiger partial charge >= 0.3 is 0 Å². The monoisotopic (exact) mass is 278 g/mol. The minimum atomic E-state index is -0.491. The van der Waals surface area contributed by atoms with Gasteiger partial charge in [-0.1, -0.05) is 29.8 Å². The number of rotatable bonds is 4. The lowest BCUT2D eigenvalue weighted by atomic mass is 10.1. The lowest BCUT2D eigenvalue weighted by molar-refractivity contribution is 0.0999. The van der Waals surface area contributed by atoms with Crippen molar-refractivity contribution in [3.63, 3.8) is 0 Å². The van der Waals surface area contributed by atoms with Crippen LogP contribution in [0, 0.1) is 5.82 Å². The Kier molecular flexibility index (Phi) is 4.02. The zero-order chi connectivity index (χ0) is 13.8. The van der Waals surface area contributed by atoms with Gasteiger partial charge in [0.25, 0.3) is 0 Å². The third-order valence-corrected chi connectivity index (χ3v) is 2.99. The minimum absolute atomic E-state index is 0.0723. The first kappa shape index (κ1) is 13.4. The fourth-order valence-electron chi connectivity index (χ4n) is 1.72. The predicted octanol–water partition coefficient (Wildman–Crippen LogP) is 3.19. The Bertz CT molecular complexity index is 616. The van der Waals surface area contributed by atoms with Crippen LogP contribution in [0.25, 0.3) is 0 Å². The molecule has 0 radical (unpaired) electrons. The van der Waals surface area contributed by atoms with Crippen molar-refractivity contribution in [2.45, 2.75) is 6.54 Å². The van der Waals surface area contributed by atoms with Crippen molar-refractivity contribution in [1.29, 1.82) is 0 Å².